The topological polar surface area (TPSA) is 91.0 Å². The monoisotopic (exact) mass is 451 g/mol. The van der Waals surface area contributed by atoms with Gasteiger partial charge in [0, 0.05) is 11.6 Å². The summed E-state index contributed by atoms with van der Waals surface area (Å²) in [5.74, 6) is 0.655. The van der Waals surface area contributed by atoms with Crippen LogP contribution in [-0.2, 0) is 24.3 Å². The summed E-state index contributed by atoms with van der Waals surface area (Å²) in [5.41, 5.74) is 2.12. The van der Waals surface area contributed by atoms with Crippen LogP contribution in [0.4, 0.5) is 0 Å². The van der Waals surface area contributed by atoms with Crippen LogP contribution >= 0.6 is 11.6 Å². The van der Waals surface area contributed by atoms with Crippen LogP contribution in [0.2, 0.25) is 5.02 Å². The van der Waals surface area contributed by atoms with Crippen molar-refractivity contribution in [2.24, 2.45) is 0 Å². The Hall–Kier alpha value is -3.65. The number of nitrogens with one attached hydrogen (secondary N) is 1. The van der Waals surface area contributed by atoms with Crippen molar-refractivity contribution < 1.29 is 9.53 Å². The number of amides is 1. The highest BCUT2D eigenvalue weighted by atomic mass is 35.5. The van der Waals surface area contributed by atoms with Crippen molar-refractivity contribution in [1.82, 2.24) is 24.6 Å². The lowest BCUT2D eigenvalue weighted by Crippen LogP contribution is -2.29. The van der Waals surface area contributed by atoms with E-state index in [9.17, 15) is 9.59 Å². The molecule has 1 amide bonds. The molecular weight excluding hydrogens is 430 g/mol. The zero-order valence-electron chi connectivity index (χ0n) is 17.5. The van der Waals surface area contributed by atoms with Gasteiger partial charge in [-0.25, -0.2) is 9.67 Å². The summed E-state index contributed by atoms with van der Waals surface area (Å²) in [7, 11) is 1.60. The molecule has 0 aliphatic heterocycles. The molecule has 0 atom stereocenters. The highest BCUT2D eigenvalue weighted by Crippen LogP contribution is 2.13. The number of hydrogen-bond acceptors (Lipinski definition) is 5. The number of halogens is 1. The maximum absolute atomic E-state index is 12.8. The van der Waals surface area contributed by atoms with Crippen molar-refractivity contribution >= 4 is 28.5 Å². The Morgan fingerprint density at radius 1 is 1.16 bits per heavy atom. The fourth-order valence-electron chi connectivity index (χ4n) is 3.40. The van der Waals surface area contributed by atoms with Gasteiger partial charge in [0.05, 0.1) is 32.8 Å². The van der Waals surface area contributed by atoms with Gasteiger partial charge in [0.25, 0.3) is 5.56 Å². The molecule has 0 aliphatic rings. The van der Waals surface area contributed by atoms with E-state index in [0.29, 0.717) is 35.7 Å². The number of carbonyl (C=O) groups excluding carboxylic acids is 1. The van der Waals surface area contributed by atoms with Gasteiger partial charge in [-0.05, 0) is 35.4 Å². The summed E-state index contributed by atoms with van der Waals surface area (Å²) < 4.78 is 8.26. The Balaban J connectivity index is 1.38. The molecule has 1 N–H and O–H groups in total. The van der Waals surface area contributed by atoms with Crippen LogP contribution in [0.1, 0.15) is 11.1 Å². The van der Waals surface area contributed by atoms with E-state index < -0.39 is 0 Å². The summed E-state index contributed by atoms with van der Waals surface area (Å²) in [5, 5.41) is 8.19. The molecule has 2 aromatic carbocycles. The molecule has 0 unspecified atom stereocenters. The maximum atomic E-state index is 12.8. The molecule has 4 rings (SSSR count). The molecule has 0 bridgehead atoms. The highest BCUT2D eigenvalue weighted by Gasteiger charge is 2.11. The molecule has 2 aromatic heterocycles. The van der Waals surface area contributed by atoms with Gasteiger partial charge in [-0.2, -0.15) is 5.10 Å². The molecule has 0 saturated heterocycles. The lowest BCUT2D eigenvalue weighted by molar-refractivity contribution is -0.120. The fraction of sp³-hybridized carbons (Fsp3) is 0.217. The molecule has 0 spiro atoms. The van der Waals surface area contributed by atoms with Crippen LogP contribution in [0.5, 0.6) is 5.75 Å². The van der Waals surface area contributed by atoms with Gasteiger partial charge >= 0.3 is 0 Å². The smallest absolute Gasteiger partial charge is 0.264 e. The number of ether oxygens (including phenoxy) is 1. The van der Waals surface area contributed by atoms with E-state index in [1.165, 1.54) is 17.1 Å². The first kappa shape index (κ1) is 21.6. The number of nitrogens with zero attached hydrogens (tertiary/aromatic N) is 4. The summed E-state index contributed by atoms with van der Waals surface area (Å²) in [6.07, 6.45) is 3.29. The molecule has 2 heterocycles. The molecule has 8 nitrogen and oxygen atoms in total. The first-order chi connectivity index (χ1) is 15.5. The van der Waals surface area contributed by atoms with Crippen molar-refractivity contribution in [2.45, 2.75) is 19.5 Å². The molecule has 0 saturated carbocycles. The van der Waals surface area contributed by atoms with Crippen LogP contribution in [0, 0.1) is 0 Å². The number of rotatable bonds is 8. The van der Waals surface area contributed by atoms with Gasteiger partial charge in [-0.3, -0.25) is 14.2 Å². The second kappa shape index (κ2) is 9.65. The second-order valence-corrected chi connectivity index (χ2v) is 7.72. The Morgan fingerprint density at radius 2 is 1.97 bits per heavy atom. The Bertz CT molecular complexity index is 1300. The maximum Gasteiger partial charge on any atom is 0.264 e. The average molecular weight is 452 g/mol. The minimum Gasteiger partial charge on any atom is -0.497 e. The zero-order chi connectivity index (χ0) is 22.5. The van der Waals surface area contributed by atoms with Gasteiger partial charge in [0.15, 0.2) is 5.65 Å². The van der Waals surface area contributed by atoms with Gasteiger partial charge < -0.3 is 10.1 Å². The Labute approximate surface area is 189 Å². The predicted octanol–water partition coefficient (Wildman–Crippen LogP) is 2.66. The standard InChI is InChI=1S/C23H22ClN5O3/c1-32-19-7-5-16(6-8-19)12-21(30)25-9-10-29-22-20(13-27-29)23(31)28(15-26-22)14-17-3-2-4-18(24)11-17/h2-8,11,13,15H,9-10,12,14H2,1H3,(H,25,30). The van der Waals surface area contributed by atoms with Crippen LogP contribution in [0.3, 0.4) is 0 Å². The Morgan fingerprint density at radius 3 is 2.72 bits per heavy atom. The first-order valence-electron chi connectivity index (χ1n) is 10.1. The van der Waals surface area contributed by atoms with Crippen LogP contribution < -0.4 is 15.6 Å². The number of fused-ring (bicyclic) bond motifs is 1. The normalized spacial score (nSPS) is 10.9. The molecule has 0 aliphatic carbocycles. The van der Waals surface area contributed by atoms with Crippen LogP contribution in [0.25, 0.3) is 11.0 Å². The third kappa shape index (κ3) is 4.97. The van der Waals surface area contributed by atoms with Gasteiger partial charge in [-0.15, -0.1) is 0 Å². The molecular formula is C23H22ClN5O3. The second-order valence-electron chi connectivity index (χ2n) is 7.29. The lowest BCUT2D eigenvalue weighted by Gasteiger charge is -2.08. The van der Waals surface area contributed by atoms with Crippen molar-refractivity contribution in [3.63, 3.8) is 0 Å². The zero-order valence-corrected chi connectivity index (χ0v) is 18.2. The average Bonchev–Trinajstić information content (AvgIpc) is 3.20. The van der Waals surface area contributed by atoms with E-state index in [0.717, 1.165) is 16.9 Å². The molecule has 0 fully saturated rings. The van der Waals surface area contributed by atoms with Gasteiger partial charge in [0.2, 0.25) is 5.91 Å². The highest BCUT2D eigenvalue weighted by molar-refractivity contribution is 6.30. The van der Waals surface area contributed by atoms with E-state index in [4.69, 9.17) is 16.3 Å². The number of aromatic nitrogens is 4. The molecule has 4 aromatic rings. The predicted molar refractivity (Wildman–Crippen MR) is 122 cm³/mol. The van der Waals surface area contributed by atoms with Crippen molar-refractivity contribution in [1.29, 1.82) is 0 Å². The number of methoxy groups -OCH3 is 1. The minimum absolute atomic E-state index is 0.0940. The number of hydrogen-bond donors (Lipinski definition) is 1. The third-order valence-electron chi connectivity index (χ3n) is 5.03. The minimum atomic E-state index is -0.176. The molecule has 9 heteroatoms. The summed E-state index contributed by atoms with van der Waals surface area (Å²) in [6, 6.07) is 14.7. The van der Waals surface area contributed by atoms with Crippen molar-refractivity contribution in [2.75, 3.05) is 13.7 Å². The van der Waals surface area contributed by atoms with E-state index in [1.807, 2.05) is 42.5 Å². The Kier molecular flexibility index (Phi) is 6.51. The molecule has 164 valence electrons. The third-order valence-corrected chi connectivity index (χ3v) is 5.27. The van der Waals surface area contributed by atoms with E-state index in [2.05, 4.69) is 15.4 Å². The van der Waals surface area contributed by atoms with E-state index >= 15 is 0 Å². The molecule has 0 radical (unpaired) electrons. The lowest BCUT2D eigenvalue weighted by atomic mass is 10.1. The summed E-state index contributed by atoms with van der Waals surface area (Å²) >= 11 is 6.03. The SMILES string of the molecule is COc1ccc(CC(=O)NCCn2ncc3c(=O)n(Cc4cccc(Cl)c4)cnc32)cc1. The first-order valence-corrected chi connectivity index (χ1v) is 10.5. The van der Waals surface area contributed by atoms with E-state index in [1.54, 1.807) is 17.9 Å². The van der Waals surface area contributed by atoms with Gasteiger partial charge in [-0.1, -0.05) is 35.9 Å². The fourth-order valence-corrected chi connectivity index (χ4v) is 3.61. The molecule has 32 heavy (non-hydrogen) atoms. The van der Waals surface area contributed by atoms with Crippen LogP contribution in [0.15, 0.2) is 65.8 Å². The largest absolute Gasteiger partial charge is 0.497 e. The quantitative estimate of drug-likeness (QED) is 0.444. The summed E-state index contributed by atoms with van der Waals surface area (Å²) in [4.78, 5) is 29.4. The van der Waals surface area contributed by atoms with E-state index in [-0.39, 0.29) is 17.9 Å². The van der Waals surface area contributed by atoms with Crippen molar-refractivity contribution in [3.05, 3.63) is 87.6 Å². The number of benzene rings is 2. The summed E-state index contributed by atoms with van der Waals surface area (Å²) in [6.45, 7) is 1.15. The van der Waals surface area contributed by atoms with Crippen LogP contribution in [-0.4, -0.2) is 38.9 Å². The van der Waals surface area contributed by atoms with Crippen molar-refractivity contribution in [3.8, 4) is 5.75 Å². The number of carbonyl (C=O) groups is 1. The van der Waals surface area contributed by atoms with Gasteiger partial charge in [0.1, 0.15) is 17.5 Å².